The smallest absolute Gasteiger partial charge is 0.260 e. The maximum absolute atomic E-state index is 12.7. The van der Waals surface area contributed by atoms with Crippen molar-refractivity contribution < 1.29 is 14.3 Å². The van der Waals surface area contributed by atoms with Crippen LogP contribution in [-0.2, 0) is 6.54 Å². The second-order valence-corrected chi connectivity index (χ2v) is 6.74. The zero-order valence-corrected chi connectivity index (χ0v) is 15.5. The predicted molar refractivity (Wildman–Crippen MR) is 101 cm³/mol. The van der Waals surface area contributed by atoms with Gasteiger partial charge in [0.15, 0.2) is 0 Å². The van der Waals surface area contributed by atoms with Crippen molar-refractivity contribution in [2.24, 2.45) is 0 Å². The van der Waals surface area contributed by atoms with Gasteiger partial charge >= 0.3 is 0 Å². The summed E-state index contributed by atoms with van der Waals surface area (Å²) in [7, 11) is 3.21. The summed E-state index contributed by atoms with van der Waals surface area (Å²) in [6.45, 7) is 0.334. The number of nitrogens with zero attached hydrogens (tertiary/aromatic N) is 1. The second-order valence-electron chi connectivity index (χ2n) is 6.74. The van der Waals surface area contributed by atoms with Crippen LogP contribution in [0.25, 0.3) is 0 Å². The molecule has 0 unspecified atom stereocenters. The summed E-state index contributed by atoms with van der Waals surface area (Å²) in [4.78, 5) is 41.0. The summed E-state index contributed by atoms with van der Waals surface area (Å²) in [5, 5.41) is 2.90. The number of hydrogen-bond donors (Lipinski definition) is 2. The highest BCUT2D eigenvalue weighted by Gasteiger charge is 2.22. The minimum absolute atomic E-state index is 0.0488. The molecule has 0 spiro atoms. The average Bonchev–Trinajstić information content (AvgIpc) is 2.65. The first kappa shape index (κ1) is 18.7. The molecule has 2 aromatic rings. The standard InChI is InChI=1S/C20H23N3O4/c1-23(12-13-6-8-16(27-2)9-7-13)20(26)17-10-14(11-21-19(17)25)18(24)22-15-4-3-5-15/h6-11,15H,3-5,12H2,1-2H3,(H,21,25)(H,22,24). The van der Waals surface area contributed by atoms with Crippen molar-refractivity contribution in [2.75, 3.05) is 14.2 Å². The monoisotopic (exact) mass is 369 g/mol. The third kappa shape index (κ3) is 4.36. The Balaban J connectivity index is 1.73. The van der Waals surface area contributed by atoms with E-state index >= 15 is 0 Å². The molecule has 7 heteroatoms. The fourth-order valence-corrected chi connectivity index (χ4v) is 2.88. The Hall–Kier alpha value is -3.09. The normalized spacial score (nSPS) is 13.6. The van der Waals surface area contributed by atoms with Crippen molar-refractivity contribution in [3.63, 3.8) is 0 Å². The van der Waals surface area contributed by atoms with Crippen LogP contribution in [0.15, 0.2) is 41.3 Å². The lowest BCUT2D eigenvalue weighted by Crippen LogP contribution is -2.40. The van der Waals surface area contributed by atoms with Gasteiger partial charge in [-0.2, -0.15) is 0 Å². The molecule has 7 nitrogen and oxygen atoms in total. The summed E-state index contributed by atoms with van der Waals surface area (Å²) >= 11 is 0. The number of methoxy groups -OCH3 is 1. The van der Waals surface area contributed by atoms with E-state index in [-0.39, 0.29) is 23.1 Å². The molecular formula is C20H23N3O4. The van der Waals surface area contributed by atoms with Crippen molar-refractivity contribution in [3.05, 3.63) is 63.6 Å². The average molecular weight is 369 g/mol. The third-order valence-corrected chi connectivity index (χ3v) is 4.76. The van der Waals surface area contributed by atoms with E-state index in [0.29, 0.717) is 6.54 Å². The number of amides is 2. The number of ether oxygens (including phenoxy) is 1. The van der Waals surface area contributed by atoms with Gasteiger partial charge in [0, 0.05) is 25.8 Å². The lowest BCUT2D eigenvalue weighted by atomic mass is 9.93. The summed E-state index contributed by atoms with van der Waals surface area (Å²) < 4.78 is 5.12. The van der Waals surface area contributed by atoms with Crippen molar-refractivity contribution >= 4 is 11.8 Å². The molecular weight excluding hydrogens is 346 g/mol. The van der Waals surface area contributed by atoms with E-state index in [2.05, 4.69) is 10.3 Å². The van der Waals surface area contributed by atoms with Gasteiger partial charge in [-0.3, -0.25) is 14.4 Å². The number of nitrogens with one attached hydrogen (secondary N) is 2. The molecule has 1 fully saturated rings. The van der Waals surface area contributed by atoms with Crippen LogP contribution >= 0.6 is 0 Å². The van der Waals surface area contributed by atoms with Crippen LogP contribution < -0.4 is 15.6 Å². The van der Waals surface area contributed by atoms with E-state index in [4.69, 9.17) is 4.74 Å². The Kier molecular flexibility index (Phi) is 5.59. The Morgan fingerprint density at radius 3 is 2.56 bits per heavy atom. The number of benzene rings is 1. The Morgan fingerprint density at radius 1 is 1.26 bits per heavy atom. The summed E-state index contributed by atoms with van der Waals surface area (Å²) in [6.07, 6.45) is 4.38. The maximum atomic E-state index is 12.7. The van der Waals surface area contributed by atoms with Crippen LogP contribution in [0.5, 0.6) is 5.75 Å². The van der Waals surface area contributed by atoms with Gasteiger partial charge in [0.1, 0.15) is 11.3 Å². The zero-order chi connectivity index (χ0) is 19.4. The molecule has 1 aromatic carbocycles. The van der Waals surface area contributed by atoms with Crippen LogP contribution in [0, 0.1) is 0 Å². The summed E-state index contributed by atoms with van der Waals surface area (Å²) in [5.41, 5.74) is 0.624. The molecule has 1 aromatic heterocycles. The minimum Gasteiger partial charge on any atom is -0.497 e. The topological polar surface area (TPSA) is 91.5 Å². The molecule has 1 saturated carbocycles. The van der Waals surface area contributed by atoms with Crippen molar-refractivity contribution in [1.82, 2.24) is 15.2 Å². The van der Waals surface area contributed by atoms with Crippen LogP contribution in [0.4, 0.5) is 0 Å². The first-order valence-corrected chi connectivity index (χ1v) is 8.90. The van der Waals surface area contributed by atoms with Crippen LogP contribution in [0.3, 0.4) is 0 Å². The molecule has 0 aliphatic heterocycles. The molecule has 0 saturated heterocycles. The Labute approximate surface area is 157 Å². The molecule has 1 aliphatic carbocycles. The molecule has 0 bridgehead atoms. The summed E-state index contributed by atoms with van der Waals surface area (Å²) in [5.74, 6) is 0.0162. The van der Waals surface area contributed by atoms with Gasteiger partial charge < -0.3 is 19.9 Å². The highest BCUT2D eigenvalue weighted by atomic mass is 16.5. The number of rotatable bonds is 6. The van der Waals surface area contributed by atoms with E-state index in [0.717, 1.165) is 30.6 Å². The van der Waals surface area contributed by atoms with Crippen LogP contribution in [-0.4, -0.2) is 41.9 Å². The van der Waals surface area contributed by atoms with E-state index in [9.17, 15) is 14.4 Å². The van der Waals surface area contributed by atoms with Crippen LogP contribution in [0.2, 0.25) is 0 Å². The number of carbonyl (C=O) groups excluding carboxylic acids is 2. The lowest BCUT2D eigenvalue weighted by molar-refractivity contribution is 0.0783. The van der Waals surface area contributed by atoms with Crippen molar-refractivity contribution in [1.29, 1.82) is 0 Å². The minimum atomic E-state index is -0.512. The first-order chi connectivity index (χ1) is 13.0. The van der Waals surface area contributed by atoms with E-state index < -0.39 is 11.5 Å². The number of aromatic amines is 1. The Morgan fingerprint density at radius 2 is 1.96 bits per heavy atom. The SMILES string of the molecule is COc1ccc(CN(C)C(=O)c2cc(C(=O)NC3CCC3)c[nH]c2=O)cc1. The molecule has 27 heavy (non-hydrogen) atoms. The number of H-pyrrole nitrogens is 1. The molecule has 0 atom stereocenters. The van der Waals surface area contributed by atoms with Crippen molar-refractivity contribution in [2.45, 2.75) is 31.8 Å². The number of hydrogen-bond acceptors (Lipinski definition) is 4. The molecule has 2 N–H and O–H groups in total. The maximum Gasteiger partial charge on any atom is 0.260 e. The number of pyridine rings is 1. The highest BCUT2D eigenvalue weighted by Crippen LogP contribution is 2.18. The molecule has 1 heterocycles. The highest BCUT2D eigenvalue weighted by molar-refractivity contribution is 5.99. The summed E-state index contributed by atoms with van der Waals surface area (Å²) in [6, 6.07) is 8.88. The van der Waals surface area contributed by atoms with Gasteiger partial charge in [-0.15, -0.1) is 0 Å². The predicted octanol–water partition coefficient (Wildman–Crippen LogP) is 1.94. The third-order valence-electron chi connectivity index (χ3n) is 4.76. The van der Waals surface area contributed by atoms with Gasteiger partial charge in [0.05, 0.1) is 12.7 Å². The molecule has 1 aliphatic rings. The molecule has 142 valence electrons. The quantitative estimate of drug-likeness (QED) is 0.814. The molecule has 2 amide bonds. The van der Waals surface area contributed by atoms with E-state index in [1.165, 1.54) is 17.2 Å². The van der Waals surface area contributed by atoms with E-state index in [1.54, 1.807) is 14.2 Å². The van der Waals surface area contributed by atoms with Gasteiger partial charge in [0.25, 0.3) is 17.4 Å². The van der Waals surface area contributed by atoms with Gasteiger partial charge in [0.2, 0.25) is 0 Å². The van der Waals surface area contributed by atoms with Gasteiger partial charge in [-0.1, -0.05) is 12.1 Å². The fourth-order valence-electron chi connectivity index (χ4n) is 2.88. The molecule has 0 radical (unpaired) electrons. The number of aromatic nitrogens is 1. The van der Waals surface area contributed by atoms with Crippen LogP contribution in [0.1, 0.15) is 45.5 Å². The lowest BCUT2D eigenvalue weighted by Gasteiger charge is -2.26. The Bertz CT molecular complexity index is 885. The zero-order valence-electron chi connectivity index (χ0n) is 15.5. The van der Waals surface area contributed by atoms with Gasteiger partial charge in [-0.25, -0.2) is 0 Å². The second kappa shape index (κ2) is 8.07. The molecule has 3 rings (SSSR count). The largest absolute Gasteiger partial charge is 0.497 e. The first-order valence-electron chi connectivity index (χ1n) is 8.90. The fraction of sp³-hybridized carbons (Fsp3) is 0.350. The van der Waals surface area contributed by atoms with E-state index in [1.807, 2.05) is 24.3 Å². The number of carbonyl (C=O) groups is 2. The van der Waals surface area contributed by atoms with Gasteiger partial charge in [-0.05, 0) is 43.0 Å². The van der Waals surface area contributed by atoms with Crippen molar-refractivity contribution in [3.8, 4) is 5.75 Å².